The van der Waals surface area contributed by atoms with Gasteiger partial charge in [0.25, 0.3) is 0 Å². The van der Waals surface area contributed by atoms with E-state index in [1.807, 2.05) is 26.0 Å². The molecular weight excluding hydrogens is 464 g/mol. The van der Waals surface area contributed by atoms with E-state index in [9.17, 15) is 15.2 Å². The molecule has 35 heavy (non-hydrogen) atoms. The van der Waals surface area contributed by atoms with E-state index in [1.165, 1.54) is 12.8 Å². The summed E-state index contributed by atoms with van der Waals surface area (Å²) in [5, 5.41) is 22.8. The molecule has 2 aliphatic carbocycles. The van der Waals surface area contributed by atoms with E-state index in [0.29, 0.717) is 40.1 Å². The molecule has 5 atom stereocenters. The van der Waals surface area contributed by atoms with Crippen LogP contribution in [0, 0.1) is 41.9 Å². The van der Waals surface area contributed by atoms with Crippen LogP contribution in [0.15, 0.2) is 24.3 Å². The highest BCUT2D eigenvalue weighted by Gasteiger charge is 2.58. The molecule has 6 rings (SSSR count). The summed E-state index contributed by atoms with van der Waals surface area (Å²) in [4.78, 5) is 27.7. The number of hydrogen-bond donors (Lipinski definition) is 2. The number of nitrogens with zero attached hydrogens (tertiary/aromatic N) is 5. The molecule has 1 aliphatic heterocycles. The molecule has 1 saturated heterocycles. The van der Waals surface area contributed by atoms with Crippen molar-refractivity contribution in [1.82, 2.24) is 15.0 Å². The predicted molar refractivity (Wildman–Crippen MR) is 133 cm³/mol. The summed E-state index contributed by atoms with van der Waals surface area (Å²) < 4.78 is 0. The van der Waals surface area contributed by atoms with Gasteiger partial charge in [0.05, 0.1) is 22.8 Å². The molecule has 4 unspecified atom stereocenters. The minimum absolute atomic E-state index is 0.120. The van der Waals surface area contributed by atoms with Gasteiger partial charge < -0.3 is 15.3 Å². The smallest absolute Gasteiger partial charge is 0.356 e. The van der Waals surface area contributed by atoms with Crippen molar-refractivity contribution in [3.63, 3.8) is 0 Å². The summed E-state index contributed by atoms with van der Waals surface area (Å²) >= 11 is 5.92. The van der Waals surface area contributed by atoms with Gasteiger partial charge in [0.15, 0.2) is 17.2 Å². The van der Waals surface area contributed by atoms with Crippen LogP contribution in [0.1, 0.15) is 53.1 Å². The SMILES string of the molecule is Cc1cc([C@@H](C)Nc2ccc(Cl)nc2C(=O)O)c2nc(N3CC4C5CCC5C4C3)c(C#N)nc2c1. The number of benzene rings is 1. The zero-order chi connectivity index (χ0) is 24.4. The summed E-state index contributed by atoms with van der Waals surface area (Å²) in [5.74, 6) is 2.62. The van der Waals surface area contributed by atoms with Gasteiger partial charge in [-0.05, 0) is 74.1 Å². The molecule has 1 aromatic carbocycles. The van der Waals surface area contributed by atoms with Gasteiger partial charge in [0.2, 0.25) is 0 Å². The van der Waals surface area contributed by atoms with Crippen LogP contribution in [0.5, 0.6) is 0 Å². The molecular formula is C26H25ClN6O2. The van der Waals surface area contributed by atoms with Crippen LogP contribution in [-0.4, -0.2) is 39.1 Å². The maximum absolute atomic E-state index is 11.7. The number of anilines is 2. The second kappa shape index (κ2) is 8.06. The van der Waals surface area contributed by atoms with Crippen molar-refractivity contribution >= 4 is 40.1 Å². The molecule has 9 heteroatoms. The molecule has 2 N–H and O–H groups in total. The summed E-state index contributed by atoms with van der Waals surface area (Å²) in [5.41, 5.74) is 3.83. The Balaban J connectivity index is 1.39. The van der Waals surface area contributed by atoms with Crippen LogP contribution in [0.2, 0.25) is 5.15 Å². The maximum atomic E-state index is 11.7. The molecule has 8 nitrogen and oxygen atoms in total. The minimum Gasteiger partial charge on any atom is -0.476 e. The summed E-state index contributed by atoms with van der Waals surface area (Å²) in [6.45, 7) is 5.79. The monoisotopic (exact) mass is 488 g/mol. The number of carboxylic acid groups (broad SMARTS) is 1. The van der Waals surface area contributed by atoms with Crippen LogP contribution >= 0.6 is 11.6 Å². The maximum Gasteiger partial charge on any atom is 0.356 e. The first kappa shape index (κ1) is 22.1. The van der Waals surface area contributed by atoms with Gasteiger partial charge in [-0.3, -0.25) is 0 Å². The molecule has 2 saturated carbocycles. The van der Waals surface area contributed by atoms with Crippen molar-refractivity contribution in [3.05, 3.63) is 51.9 Å². The highest BCUT2D eigenvalue weighted by molar-refractivity contribution is 6.29. The van der Waals surface area contributed by atoms with Crippen LogP contribution in [0.3, 0.4) is 0 Å². The van der Waals surface area contributed by atoms with E-state index in [1.54, 1.807) is 12.1 Å². The van der Waals surface area contributed by atoms with Crippen molar-refractivity contribution in [2.75, 3.05) is 23.3 Å². The third-order valence-corrected chi connectivity index (χ3v) is 8.34. The molecule has 0 bridgehead atoms. The normalized spacial score (nSPS) is 25.1. The van der Waals surface area contributed by atoms with Gasteiger partial charge in [0.1, 0.15) is 11.2 Å². The van der Waals surface area contributed by atoms with Gasteiger partial charge in [-0.1, -0.05) is 17.7 Å². The third-order valence-electron chi connectivity index (χ3n) is 8.13. The lowest BCUT2D eigenvalue weighted by Crippen LogP contribution is -2.52. The molecule has 0 radical (unpaired) electrons. The van der Waals surface area contributed by atoms with Crippen LogP contribution < -0.4 is 10.2 Å². The van der Waals surface area contributed by atoms with E-state index in [0.717, 1.165) is 36.1 Å². The van der Waals surface area contributed by atoms with E-state index in [-0.39, 0.29) is 16.9 Å². The number of rotatable bonds is 5. The molecule has 3 heterocycles. The zero-order valence-electron chi connectivity index (χ0n) is 19.5. The Hall–Kier alpha value is -3.44. The lowest BCUT2D eigenvalue weighted by atomic mass is 9.48. The van der Waals surface area contributed by atoms with Gasteiger partial charge in [-0.2, -0.15) is 5.26 Å². The fourth-order valence-corrected chi connectivity index (χ4v) is 6.52. The Morgan fingerprint density at radius 3 is 2.51 bits per heavy atom. The van der Waals surface area contributed by atoms with E-state index >= 15 is 0 Å². The number of aromatic carboxylic acids is 1. The van der Waals surface area contributed by atoms with Crippen molar-refractivity contribution in [2.45, 2.75) is 32.7 Å². The van der Waals surface area contributed by atoms with Gasteiger partial charge in [-0.15, -0.1) is 0 Å². The molecule has 0 spiro atoms. The highest BCUT2D eigenvalue weighted by Crippen LogP contribution is 2.61. The van der Waals surface area contributed by atoms with Crippen LogP contribution in [-0.2, 0) is 0 Å². The lowest BCUT2D eigenvalue weighted by molar-refractivity contribution is -0.0699. The number of pyridine rings is 1. The Bertz CT molecular complexity index is 1400. The van der Waals surface area contributed by atoms with Crippen LogP contribution in [0.25, 0.3) is 11.0 Å². The van der Waals surface area contributed by atoms with Gasteiger partial charge in [0, 0.05) is 18.7 Å². The second-order valence-electron chi connectivity index (χ2n) is 10.1. The summed E-state index contributed by atoms with van der Waals surface area (Å²) in [7, 11) is 0. The molecule has 2 aromatic heterocycles. The quantitative estimate of drug-likeness (QED) is 0.491. The van der Waals surface area contributed by atoms with Crippen LogP contribution in [0.4, 0.5) is 11.5 Å². The number of fused-ring (bicyclic) bond motifs is 5. The Morgan fingerprint density at radius 1 is 1.17 bits per heavy atom. The average molecular weight is 489 g/mol. The van der Waals surface area contributed by atoms with E-state index < -0.39 is 5.97 Å². The van der Waals surface area contributed by atoms with E-state index in [2.05, 4.69) is 21.3 Å². The first-order chi connectivity index (χ1) is 16.8. The van der Waals surface area contributed by atoms with Crippen molar-refractivity contribution < 1.29 is 9.90 Å². The summed E-state index contributed by atoms with van der Waals surface area (Å²) in [6, 6.07) is 9.12. The van der Waals surface area contributed by atoms with E-state index in [4.69, 9.17) is 21.6 Å². The Morgan fingerprint density at radius 2 is 1.89 bits per heavy atom. The predicted octanol–water partition coefficient (Wildman–Crippen LogP) is 4.82. The Kier molecular flexibility index (Phi) is 5.08. The third kappa shape index (κ3) is 3.49. The number of carboxylic acids is 1. The molecule has 3 fully saturated rings. The van der Waals surface area contributed by atoms with Crippen molar-refractivity contribution in [1.29, 1.82) is 5.26 Å². The number of hydrogen-bond acceptors (Lipinski definition) is 7. The largest absolute Gasteiger partial charge is 0.476 e. The number of nitrogens with one attached hydrogen (secondary N) is 1. The minimum atomic E-state index is -1.16. The molecule has 0 amide bonds. The molecule has 3 aromatic rings. The topological polar surface area (TPSA) is 115 Å². The number of aryl methyl sites for hydroxylation is 1. The zero-order valence-corrected chi connectivity index (χ0v) is 20.3. The van der Waals surface area contributed by atoms with Gasteiger partial charge in [-0.25, -0.2) is 19.7 Å². The first-order valence-corrected chi connectivity index (χ1v) is 12.4. The van der Waals surface area contributed by atoms with Crippen molar-refractivity contribution in [3.8, 4) is 6.07 Å². The number of aromatic nitrogens is 3. The number of nitriles is 1. The average Bonchev–Trinajstić information content (AvgIpc) is 3.17. The number of halogens is 1. The van der Waals surface area contributed by atoms with Gasteiger partial charge >= 0.3 is 5.97 Å². The second-order valence-corrected chi connectivity index (χ2v) is 10.5. The lowest BCUT2D eigenvalue weighted by Gasteiger charge is -2.56. The molecule has 178 valence electrons. The summed E-state index contributed by atoms with van der Waals surface area (Å²) in [6.07, 6.45) is 2.66. The Labute approximate surface area is 208 Å². The highest BCUT2D eigenvalue weighted by atomic mass is 35.5. The molecule has 3 aliphatic rings. The fraction of sp³-hybridized carbons (Fsp3) is 0.423. The first-order valence-electron chi connectivity index (χ1n) is 12.0. The van der Waals surface area contributed by atoms with Crippen molar-refractivity contribution in [2.24, 2.45) is 23.7 Å². The fourth-order valence-electron chi connectivity index (χ4n) is 6.38. The number of carbonyl (C=O) groups is 1. The standard InChI is InChI=1S/C26H25ClN6O2/c1-12-7-16(13(2)29-19-5-6-22(27)31-24(19)26(34)35)23-20(8-12)30-21(9-28)25(32-23)33-10-17-14-3-4-15(14)18(17)11-33/h5-8,13-15,17-18,29H,3-4,10-11H2,1-2H3,(H,34,35)/t13-,14?,15?,17?,18?/m1/s1.